The van der Waals surface area contributed by atoms with Crippen molar-refractivity contribution >= 4 is 11.3 Å². The predicted molar refractivity (Wildman–Crippen MR) is 57.3 cm³/mol. The summed E-state index contributed by atoms with van der Waals surface area (Å²) < 4.78 is 0. The monoisotopic (exact) mass is 209 g/mol. The zero-order valence-electron chi connectivity index (χ0n) is 8.15. The van der Waals surface area contributed by atoms with E-state index in [0.717, 1.165) is 19.6 Å². The Kier molecular flexibility index (Phi) is 1.94. The zero-order valence-corrected chi connectivity index (χ0v) is 8.96. The minimum Gasteiger partial charge on any atom is -0.387 e. The maximum absolute atomic E-state index is 10.1. The van der Waals surface area contributed by atoms with E-state index >= 15 is 0 Å². The van der Waals surface area contributed by atoms with Crippen LogP contribution in [0.25, 0.3) is 0 Å². The topological polar surface area (TPSA) is 23.5 Å². The lowest BCUT2D eigenvalue weighted by Gasteiger charge is -2.47. The highest BCUT2D eigenvalue weighted by Gasteiger charge is 2.51. The van der Waals surface area contributed by atoms with Gasteiger partial charge >= 0.3 is 0 Å². The number of hydrogen-bond acceptors (Lipinski definition) is 3. The molecule has 2 aliphatic rings. The number of aliphatic hydroxyl groups is 1. The van der Waals surface area contributed by atoms with E-state index in [1.165, 1.54) is 17.7 Å². The third-order valence-electron chi connectivity index (χ3n) is 3.29. The van der Waals surface area contributed by atoms with Gasteiger partial charge in [-0.3, -0.25) is 4.90 Å². The molecular weight excluding hydrogens is 194 g/mol. The summed E-state index contributed by atoms with van der Waals surface area (Å²) in [6.45, 7) is 2.79. The largest absolute Gasteiger partial charge is 0.387 e. The van der Waals surface area contributed by atoms with Gasteiger partial charge in [0.15, 0.2) is 0 Å². The SMILES string of the molecule is OC1(C2CC2)CN(Cc2cccs2)C1. The molecule has 1 saturated carbocycles. The van der Waals surface area contributed by atoms with Gasteiger partial charge in [0.1, 0.15) is 0 Å². The summed E-state index contributed by atoms with van der Waals surface area (Å²) in [7, 11) is 0. The average molecular weight is 209 g/mol. The van der Waals surface area contributed by atoms with Crippen LogP contribution in [0.15, 0.2) is 17.5 Å². The summed E-state index contributed by atoms with van der Waals surface area (Å²) in [6.07, 6.45) is 2.48. The lowest BCUT2D eigenvalue weighted by atomic mass is 9.89. The van der Waals surface area contributed by atoms with Crippen LogP contribution in [0.5, 0.6) is 0 Å². The van der Waals surface area contributed by atoms with E-state index in [2.05, 4.69) is 22.4 Å². The van der Waals surface area contributed by atoms with Crippen molar-refractivity contribution in [3.05, 3.63) is 22.4 Å². The number of hydrogen-bond donors (Lipinski definition) is 1. The first kappa shape index (κ1) is 8.89. The molecule has 3 heteroatoms. The molecule has 3 rings (SSSR count). The minimum atomic E-state index is -0.322. The maximum atomic E-state index is 10.1. The highest BCUT2D eigenvalue weighted by molar-refractivity contribution is 7.09. The molecule has 0 bridgehead atoms. The van der Waals surface area contributed by atoms with Crippen molar-refractivity contribution in [2.24, 2.45) is 5.92 Å². The van der Waals surface area contributed by atoms with Crippen molar-refractivity contribution in [1.82, 2.24) is 4.90 Å². The molecule has 0 unspecified atom stereocenters. The van der Waals surface area contributed by atoms with Crippen molar-refractivity contribution < 1.29 is 5.11 Å². The van der Waals surface area contributed by atoms with Crippen molar-refractivity contribution in [2.75, 3.05) is 13.1 Å². The summed E-state index contributed by atoms with van der Waals surface area (Å²) in [6, 6.07) is 4.26. The van der Waals surface area contributed by atoms with E-state index in [1.54, 1.807) is 11.3 Å². The highest BCUT2D eigenvalue weighted by atomic mass is 32.1. The Morgan fingerprint density at radius 2 is 2.29 bits per heavy atom. The van der Waals surface area contributed by atoms with Gasteiger partial charge in [-0.2, -0.15) is 0 Å². The normalized spacial score (nSPS) is 26.1. The molecule has 1 saturated heterocycles. The van der Waals surface area contributed by atoms with Crippen molar-refractivity contribution in [3.63, 3.8) is 0 Å². The van der Waals surface area contributed by atoms with Crippen LogP contribution in [0.1, 0.15) is 17.7 Å². The van der Waals surface area contributed by atoms with Crippen LogP contribution in [-0.4, -0.2) is 28.7 Å². The third-order valence-corrected chi connectivity index (χ3v) is 4.15. The Bertz CT molecular complexity index is 312. The van der Waals surface area contributed by atoms with Crippen LogP contribution >= 0.6 is 11.3 Å². The number of nitrogens with zero attached hydrogens (tertiary/aromatic N) is 1. The second kappa shape index (κ2) is 3.05. The molecule has 0 spiro atoms. The molecule has 1 aliphatic carbocycles. The molecule has 2 fully saturated rings. The van der Waals surface area contributed by atoms with Gasteiger partial charge in [0.05, 0.1) is 5.60 Å². The first-order valence-electron chi connectivity index (χ1n) is 5.23. The molecule has 0 atom stereocenters. The second-order valence-corrected chi connectivity index (χ2v) is 5.63. The van der Waals surface area contributed by atoms with Crippen LogP contribution in [0.3, 0.4) is 0 Å². The number of β-amino-alcohol motifs (C(OH)–C–C–N with tert-alkyl or cyclic N) is 1. The smallest absolute Gasteiger partial charge is 0.0928 e. The van der Waals surface area contributed by atoms with E-state index in [9.17, 15) is 5.11 Å². The summed E-state index contributed by atoms with van der Waals surface area (Å²) in [5.74, 6) is 0.613. The third kappa shape index (κ3) is 1.49. The standard InChI is InChI=1S/C11H15NOS/c13-11(9-3-4-9)7-12(8-11)6-10-2-1-5-14-10/h1-2,5,9,13H,3-4,6-8H2. The summed E-state index contributed by atoms with van der Waals surface area (Å²) in [5, 5.41) is 12.2. The van der Waals surface area contributed by atoms with Crippen LogP contribution < -0.4 is 0 Å². The Labute approximate surface area is 88.2 Å². The molecule has 1 aliphatic heterocycles. The van der Waals surface area contributed by atoms with E-state index in [0.29, 0.717) is 5.92 Å². The quantitative estimate of drug-likeness (QED) is 0.819. The molecule has 76 valence electrons. The van der Waals surface area contributed by atoms with Crippen LogP contribution in [0, 0.1) is 5.92 Å². The second-order valence-electron chi connectivity index (χ2n) is 4.60. The molecular formula is C11H15NOS. The molecule has 1 N–H and O–H groups in total. The Hall–Kier alpha value is -0.380. The fourth-order valence-electron chi connectivity index (χ4n) is 2.34. The first-order chi connectivity index (χ1) is 6.76. The molecule has 2 heterocycles. The summed E-state index contributed by atoms with van der Waals surface area (Å²) in [4.78, 5) is 3.74. The fourth-order valence-corrected chi connectivity index (χ4v) is 3.09. The molecule has 0 radical (unpaired) electrons. The van der Waals surface area contributed by atoms with Gasteiger partial charge in [-0.1, -0.05) is 6.07 Å². The summed E-state index contributed by atoms with van der Waals surface area (Å²) >= 11 is 1.80. The zero-order chi connectivity index (χ0) is 9.60. The lowest BCUT2D eigenvalue weighted by Crippen LogP contribution is -2.62. The van der Waals surface area contributed by atoms with Crippen molar-refractivity contribution in [1.29, 1.82) is 0 Å². The summed E-state index contributed by atoms with van der Waals surface area (Å²) in [5.41, 5.74) is -0.322. The van der Waals surface area contributed by atoms with E-state index in [-0.39, 0.29) is 5.60 Å². The van der Waals surface area contributed by atoms with Gasteiger partial charge in [-0.25, -0.2) is 0 Å². The molecule has 2 nitrogen and oxygen atoms in total. The Balaban J connectivity index is 1.54. The van der Waals surface area contributed by atoms with Gasteiger partial charge in [-0.15, -0.1) is 11.3 Å². The Morgan fingerprint density at radius 1 is 1.50 bits per heavy atom. The van der Waals surface area contributed by atoms with Gasteiger partial charge in [0, 0.05) is 24.5 Å². The maximum Gasteiger partial charge on any atom is 0.0928 e. The molecule has 1 aromatic rings. The predicted octanol–water partition coefficient (Wildman–Crippen LogP) is 1.70. The number of rotatable bonds is 3. The van der Waals surface area contributed by atoms with Gasteiger partial charge in [0.2, 0.25) is 0 Å². The fraction of sp³-hybridized carbons (Fsp3) is 0.636. The van der Waals surface area contributed by atoms with E-state index in [1.807, 2.05) is 0 Å². The van der Waals surface area contributed by atoms with Crippen LogP contribution in [0.2, 0.25) is 0 Å². The molecule has 0 aromatic carbocycles. The van der Waals surface area contributed by atoms with E-state index in [4.69, 9.17) is 0 Å². The molecule has 0 amide bonds. The van der Waals surface area contributed by atoms with Crippen molar-refractivity contribution in [2.45, 2.75) is 25.0 Å². The first-order valence-corrected chi connectivity index (χ1v) is 6.11. The van der Waals surface area contributed by atoms with Gasteiger partial charge in [-0.05, 0) is 30.2 Å². The van der Waals surface area contributed by atoms with Gasteiger partial charge in [0.25, 0.3) is 0 Å². The Morgan fingerprint density at radius 3 is 2.86 bits per heavy atom. The number of likely N-dealkylation sites (tertiary alicyclic amines) is 1. The highest BCUT2D eigenvalue weighted by Crippen LogP contribution is 2.44. The minimum absolute atomic E-state index is 0.322. The van der Waals surface area contributed by atoms with Gasteiger partial charge < -0.3 is 5.11 Å². The average Bonchev–Trinajstić information content (AvgIpc) is 2.84. The molecule has 14 heavy (non-hydrogen) atoms. The van der Waals surface area contributed by atoms with Crippen LogP contribution in [0.4, 0.5) is 0 Å². The van der Waals surface area contributed by atoms with E-state index < -0.39 is 0 Å². The lowest BCUT2D eigenvalue weighted by molar-refractivity contribution is -0.116. The number of thiophene rings is 1. The molecule has 1 aromatic heterocycles. The van der Waals surface area contributed by atoms with Crippen molar-refractivity contribution in [3.8, 4) is 0 Å². The van der Waals surface area contributed by atoms with Crippen LogP contribution in [-0.2, 0) is 6.54 Å².